The molecule has 4 bridgehead atoms. The molecule has 1 heteroatoms. The second-order valence-electron chi connectivity index (χ2n) is 10.9. The van der Waals surface area contributed by atoms with Crippen LogP contribution in [0.2, 0.25) is 0 Å². The fraction of sp³-hybridized carbons (Fsp3) is 0.720. The third kappa shape index (κ3) is 2.69. The number of benzene rings is 1. The van der Waals surface area contributed by atoms with Crippen molar-refractivity contribution in [1.82, 2.24) is 0 Å². The Balaban J connectivity index is 1.46. The summed E-state index contributed by atoms with van der Waals surface area (Å²) in [6, 6.07) is 11.2. The van der Waals surface area contributed by atoms with Gasteiger partial charge in [0, 0.05) is 11.8 Å². The van der Waals surface area contributed by atoms with Gasteiger partial charge in [0.05, 0.1) is 0 Å². The summed E-state index contributed by atoms with van der Waals surface area (Å²) < 4.78 is 0. The summed E-state index contributed by atoms with van der Waals surface area (Å²) in [7, 11) is 0. The highest BCUT2D eigenvalue weighted by Crippen LogP contribution is 2.70. The van der Waals surface area contributed by atoms with Crippen molar-refractivity contribution in [1.29, 1.82) is 0 Å². The first-order valence-corrected chi connectivity index (χ1v) is 11.1. The zero-order valence-electron chi connectivity index (χ0n) is 16.4. The van der Waals surface area contributed by atoms with Gasteiger partial charge in [0.25, 0.3) is 0 Å². The van der Waals surface area contributed by atoms with Gasteiger partial charge in [0.2, 0.25) is 0 Å². The summed E-state index contributed by atoms with van der Waals surface area (Å²) in [5.41, 5.74) is 2.18. The molecule has 1 nitrogen and oxygen atoms in total. The fourth-order valence-corrected chi connectivity index (χ4v) is 8.22. The van der Waals surface area contributed by atoms with E-state index in [0.717, 1.165) is 18.8 Å². The highest BCUT2D eigenvalue weighted by atomic mass is 16.1. The molecule has 1 aromatic rings. The molecule has 0 aromatic heterocycles. The first kappa shape index (κ1) is 17.0. The first-order valence-electron chi connectivity index (χ1n) is 11.1. The van der Waals surface area contributed by atoms with E-state index >= 15 is 0 Å². The Labute approximate surface area is 159 Å². The van der Waals surface area contributed by atoms with Gasteiger partial charge in [-0.15, -0.1) is 0 Å². The molecule has 5 aliphatic carbocycles. The zero-order chi connectivity index (χ0) is 17.8. The van der Waals surface area contributed by atoms with Crippen LogP contribution in [0.25, 0.3) is 0 Å². The minimum absolute atomic E-state index is 0.00144. The second-order valence-corrected chi connectivity index (χ2v) is 10.9. The maximum atomic E-state index is 13.7. The largest absolute Gasteiger partial charge is 0.299 e. The molecule has 4 atom stereocenters. The number of hydrogen-bond acceptors (Lipinski definition) is 1. The quantitative estimate of drug-likeness (QED) is 0.609. The molecule has 140 valence electrons. The minimum atomic E-state index is 0.00144. The standard InChI is InChI=1S/C25H34O/c1-23-13-20-14-24(16-23,21-10-6-3-7-11-21)18-25(15-20,17-23)22(26)12-19-8-4-2-5-9-19/h3,6-7,10-11,19-20H,2,4-5,8-9,12-18H2,1H3/t20?,23-,24-,25?/m1/s1. The lowest BCUT2D eigenvalue weighted by molar-refractivity contribution is -0.159. The number of carbonyl (C=O) groups is 1. The number of Topliss-reactive ketones (excluding diaryl/α,β-unsaturated/α-hetero) is 1. The van der Waals surface area contributed by atoms with Gasteiger partial charge in [-0.1, -0.05) is 69.4 Å². The number of carbonyl (C=O) groups excluding carboxylic acids is 1. The molecule has 5 aliphatic rings. The normalized spacial score (nSPS) is 42.1. The van der Waals surface area contributed by atoms with Gasteiger partial charge in [0.1, 0.15) is 5.78 Å². The van der Waals surface area contributed by atoms with Crippen molar-refractivity contribution < 1.29 is 4.79 Å². The van der Waals surface area contributed by atoms with Crippen molar-refractivity contribution in [2.75, 3.05) is 0 Å². The van der Waals surface area contributed by atoms with Crippen LogP contribution in [0.3, 0.4) is 0 Å². The van der Waals surface area contributed by atoms with Crippen LogP contribution in [-0.4, -0.2) is 5.78 Å². The maximum Gasteiger partial charge on any atom is 0.139 e. The highest BCUT2D eigenvalue weighted by molar-refractivity contribution is 5.86. The van der Waals surface area contributed by atoms with Crippen LogP contribution in [0.5, 0.6) is 0 Å². The van der Waals surface area contributed by atoms with Gasteiger partial charge in [-0.05, 0) is 66.8 Å². The topological polar surface area (TPSA) is 17.1 Å². The smallest absolute Gasteiger partial charge is 0.139 e. The molecule has 26 heavy (non-hydrogen) atoms. The number of hydrogen-bond donors (Lipinski definition) is 0. The molecule has 0 heterocycles. The van der Waals surface area contributed by atoms with Crippen LogP contribution in [0.1, 0.15) is 89.5 Å². The van der Waals surface area contributed by atoms with Crippen molar-refractivity contribution in [3.05, 3.63) is 35.9 Å². The zero-order valence-corrected chi connectivity index (χ0v) is 16.4. The van der Waals surface area contributed by atoms with Gasteiger partial charge in [0.15, 0.2) is 0 Å². The Morgan fingerprint density at radius 2 is 1.73 bits per heavy atom. The lowest BCUT2D eigenvalue weighted by Gasteiger charge is -2.66. The van der Waals surface area contributed by atoms with Crippen molar-refractivity contribution in [2.45, 2.75) is 89.4 Å². The Bertz CT molecular complexity index is 687. The summed E-state index contributed by atoms with van der Waals surface area (Å²) in [4.78, 5) is 13.7. The first-order chi connectivity index (χ1) is 12.5. The lowest BCUT2D eigenvalue weighted by Crippen LogP contribution is -2.60. The van der Waals surface area contributed by atoms with E-state index in [9.17, 15) is 4.79 Å². The molecule has 0 radical (unpaired) electrons. The molecule has 2 unspecified atom stereocenters. The molecule has 1 aromatic carbocycles. The van der Waals surface area contributed by atoms with E-state index < -0.39 is 0 Å². The maximum absolute atomic E-state index is 13.7. The summed E-state index contributed by atoms with van der Waals surface area (Å²) in [6.45, 7) is 2.50. The third-order valence-corrected chi connectivity index (χ3v) is 8.52. The van der Waals surface area contributed by atoms with E-state index in [1.807, 2.05) is 0 Å². The number of ketones is 1. The Morgan fingerprint density at radius 1 is 0.962 bits per heavy atom. The van der Waals surface area contributed by atoms with E-state index in [1.165, 1.54) is 69.8 Å². The lowest BCUT2D eigenvalue weighted by atomic mass is 9.38. The van der Waals surface area contributed by atoms with Gasteiger partial charge in [-0.3, -0.25) is 4.79 Å². The molecule has 6 rings (SSSR count). The Morgan fingerprint density at radius 3 is 2.46 bits per heavy atom. The molecule has 0 saturated heterocycles. The van der Waals surface area contributed by atoms with Crippen molar-refractivity contribution in [2.24, 2.45) is 22.7 Å². The average molecular weight is 351 g/mol. The fourth-order valence-electron chi connectivity index (χ4n) is 8.22. The van der Waals surface area contributed by atoms with Gasteiger partial charge >= 0.3 is 0 Å². The van der Waals surface area contributed by atoms with Crippen LogP contribution < -0.4 is 0 Å². The van der Waals surface area contributed by atoms with Crippen LogP contribution >= 0.6 is 0 Å². The molecule has 0 spiro atoms. The monoisotopic (exact) mass is 350 g/mol. The van der Waals surface area contributed by atoms with Gasteiger partial charge < -0.3 is 0 Å². The van der Waals surface area contributed by atoms with Crippen LogP contribution in [0.15, 0.2) is 30.3 Å². The second kappa shape index (κ2) is 5.94. The van der Waals surface area contributed by atoms with E-state index in [0.29, 0.717) is 17.1 Å². The van der Waals surface area contributed by atoms with Gasteiger partial charge in [-0.25, -0.2) is 0 Å². The summed E-state index contributed by atoms with van der Waals surface area (Å²) >= 11 is 0. The summed E-state index contributed by atoms with van der Waals surface area (Å²) in [5.74, 6) is 2.11. The number of rotatable bonds is 4. The van der Waals surface area contributed by atoms with Crippen molar-refractivity contribution in [3.63, 3.8) is 0 Å². The molecular weight excluding hydrogens is 316 g/mol. The van der Waals surface area contributed by atoms with E-state index in [1.54, 1.807) is 0 Å². The predicted octanol–water partition coefficient (Wildman–Crippen LogP) is 6.45. The molecule has 0 amide bonds. The van der Waals surface area contributed by atoms with E-state index in [-0.39, 0.29) is 10.8 Å². The molecular formula is C25H34O. The molecule has 0 aliphatic heterocycles. The van der Waals surface area contributed by atoms with Crippen LogP contribution in [0, 0.1) is 22.7 Å². The SMILES string of the molecule is C[C@]12CC3CC(C(=O)CC4CCCCC4)(C1)C[C@@](c1ccccc1)(C3)C2. The van der Waals surface area contributed by atoms with Crippen LogP contribution in [0.4, 0.5) is 0 Å². The van der Waals surface area contributed by atoms with E-state index in [2.05, 4.69) is 37.3 Å². The van der Waals surface area contributed by atoms with Crippen molar-refractivity contribution >= 4 is 5.78 Å². The molecule has 5 saturated carbocycles. The van der Waals surface area contributed by atoms with Crippen molar-refractivity contribution in [3.8, 4) is 0 Å². The van der Waals surface area contributed by atoms with Crippen LogP contribution in [-0.2, 0) is 10.2 Å². The Kier molecular flexibility index (Phi) is 3.89. The Hall–Kier alpha value is -1.11. The van der Waals surface area contributed by atoms with Gasteiger partial charge in [-0.2, -0.15) is 0 Å². The summed E-state index contributed by atoms with van der Waals surface area (Å²) in [6.07, 6.45) is 15.1. The predicted molar refractivity (Wildman–Crippen MR) is 106 cm³/mol. The summed E-state index contributed by atoms with van der Waals surface area (Å²) in [5, 5.41) is 0. The highest BCUT2D eigenvalue weighted by Gasteiger charge is 2.64. The van der Waals surface area contributed by atoms with E-state index in [4.69, 9.17) is 0 Å². The molecule has 5 fully saturated rings. The minimum Gasteiger partial charge on any atom is -0.299 e. The molecule has 0 N–H and O–H groups in total. The third-order valence-electron chi connectivity index (χ3n) is 8.52. The average Bonchev–Trinajstić information content (AvgIpc) is 2.61.